The summed E-state index contributed by atoms with van der Waals surface area (Å²) in [5, 5.41) is 0. The summed E-state index contributed by atoms with van der Waals surface area (Å²) in [6, 6.07) is 8.99. The van der Waals surface area contributed by atoms with Gasteiger partial charge in [-0.05, 0) is 104 Å². The van der Waals surface area contributed by atoms with E-state index in [1.165, 1.54) is 55.7 Å². The summed E-state index contributed by atoms with van der Waals surface area (Å²) in [6.07, 6.45) is 4.50. The third-order valence-electron chi connectivity index (χ3n) is 5.44. The molecular formula is C25H32. The molecule has 0 N–H and O–H groups in total. The van der Waals surface area contributed by atoms with E-state index >= 15 is 0 Å². The molecule has 0 heteroatoms. The Morgan fingerprint density at radius 2 is 1.52 bits per heavy atom. The highest BCUT2D eigenvalue weighted by Gasteiger charge is 2.14. The minimum Gasteiger partial charge on any atom is -0.0909 e. The lowest BCUT2D eigenvalue weighted by Gasteiger charge is -2.19. The van der Waals surface area contributed by atoms with E-state index in [0.717, 1.165) is 12.8 Å². The molecule has 0 aliphatic carbocycles. The van der Waals surface area contributed by atoms with E-state index in [0.29, 0.717) is 0 Å². The zero-order valence-corrected chi connectivity index (χ0v) is 17.0. The summed E-state index contributed by atoms with van der Waals surface area (Å²) in [6.45, 7) is 19.9. The monoisotopic (exact) mass is 332 g/mol. The minimum absolute atomic E-state index is 1.05. The molecule has 0 saturated carbocycles. The average Bonchev–Trinajstić information content (AvgIpc) is 2.55. The fourth-order valence-corrected chi connectivity index (χ4v) is 3.54. The lowest BCUT2D eigenvalue weighted by molar-refractivity contribution is 0.934. The molecule has 0 aliphatic heterocycles. The largest absolute Gasteiger partial charge is 0.0909 e. The Hall–Kier alpha value is -2.08. The van der Waals surface area contributed by atoms with Crippen LogP contribution in [-0.4, -0.2) is 0 Å². The molecule has 0 spiro atoms. The summed E-state index contributed by atoms with van der Waals surface area (Å²) >= 11 is 0. The second-order valence-corrected chi connectivity index (χ2v) is 7.38. The van der Waals surface area contributed by atoms with E-state index in [1.54, 1.807) is 0 Å². The van der Waals surface area contributed by atoms with Crippen molar-refractivity contribution in [2.24, 2.45) is 0 Å². The van der Waals surface area contributed by atoms with E-state index in [2.05, 4.69) is 85.4 Å². The topological polar surface area (TPSA) is 0 Å². The zero-order chi connectivity index (χ0) is 18.7. The molecule has 2 aromatic rings. The number of allylic oxidation sites excluding steroid dienone is 2. The standard InChI is InChI=1S/C25H32/c1-9-10-24(15-23-12-11-16(2)17(3)14-23)22(8)25-19(5)13-18(4)20(6)21(25)7/h11-15H,8-10H2,1-7H3. The van der Waals surface area contributed by atoms with Gasteiger partial charge in [0.25, 0.3) is 0 Å². The number of rotatable bonds is 5. The van der Waals surface area contributed by atoms with Gasteiger partial charge in [0.05, 0.1) is 0 Å². The zero-order valence-electron chi connectivity index (χ0n) is 17.0. The van der Waals surface area contributed by atoms with Crippen molar-refractivity contribution < 1.29 is 0 Å². The van der Waals surface area contributed by atoms with Gasteiger partial charge in [-0.3, -0.25) is 0 Å². The quantitative estimate of drug-likeness (QED) is 0.499. The third kappa shape index (κ3) is 4.12. The number of benzene rings is 2. The van der Waals surface area contributed by atoms with Crippen molar-refractivity contribution in [3.8, 4) is 0 Å². The Morgan fingerprint density at radius 3 is 2.12 bits per heavy atom. The van der Waals surface area contributed by atoms with Crippen LogP contribution in [0.15, 0.2) is 36.4 Å². The molecule has 0 heterocycles. The van der Waals surface area contributed by atoms with Crippen molar-refractivity contribution >= 4 is 11.6 Å². The fourth-order valence-electron chi connectivity index (χ4n) is 3.54. The van der Waals surface area contributed by atoms with Crippen molar-refractivity contribution in [1.82, 2.24) is 0 Å². The Bertz CT molecular complexity index is 832. The smallest absolute Gasteiger partial charge is 0.0126 e. The minimum atomic E-state index is 1.05. The van der Waals surface area contributed by atoms with Crippen molar-refractivity contribution in [2.45, 2.75) is 61.3 Å². The predicted molar refractivity (Wildman–Crippen MR) is 113 cm³/mol. The van der Waals surface area contributed by atoms with Gasteiger partial charge in [-0.25, -0.2) is 0 Å². The van der Waals surface area contributed by atoms with E-state index < -0.39 is 0 Å². The molecule has 0 bridgehead atoms. The Morgan fingerprint density at radius 1 is 0.840 bits per heavy atom. The Kier molecular flexibility index (Phi) is 6.06. The van der Waals surface area contributed by atoms with Crippen LogP contribution in [0, 0.1) is 41.5 Å². The van der Waals surface area contributed by atoms with Crippen LogP contribution in [-0.2, 0) is 0 Å². The number of hydrogen-bond donors (Lipinski definition) is 0. The first-order valence-corrected chi connectivity index (χ1v) is 9.31. The number of hydrogen-bond acceptors (Lipinski definition) is 0. The van der Waals surface area contributed by atoms with Crippen molar-refractivity contribution in [2.75, 3.05) is 0 Å². The predicted octanol–water partition coefficient (Wildman–Crippen LogP) is 7.43. The van der Waals surface area contributed by atoms with E-state index in [1.807, 2.05) is 0 Å². The van der Waals surface area contributed by atoms with Gasteiger partial charge in [-0.2, -0.15) is 0 Å². The maximum atomic E-state index is 4.50. The molecule has 0 nitrogen and oxygen atoms in total. The molecule has 0 atom stereocenters. The summed E-state index contributed by atoms with van der Waals surface area (Å²) < 4.78 is 0. The molecule has 0 aliphatic rings. The molecular weight excluding hydrogens is 300 g/mol. The van der Waals surface area contributed by atoms with Gasteiger partial charge in [0.1, 0.15) is 0 Å². The van der Waals surface area contributed by atoms with Crippen LogP contribution in [0.5, 0.6) is 0 Å². The Labute approximate surface area is 154 Å². The fraction of sp³-hybridized carbons (Fsp3) is 0.360. The summed E-state index contributed by atoms with van der Waals surface area (Å²) in [5.74, 6) is 0. The summed E-state index contributed by atoms with van der Waals surface area (Å²) in [5.41, 5.74) is 13.2. The summed E-state index contributed by atoms with van der Waals surface area (Å²) in [4.78, 5) is 0. The van der Waals surface area contributed by atoms with Crippen molar-refractivity contribution in [3.05, 3.63) is 80.9 Å². The molecule has 0 unspecified atom stereocenters. The second-order valence-electron chi connectivity index (χ2n) is 7.38. The highest BCUT2D eigenvalue weighted by molar-refractivity contribution is 5.86. The van der Waals surface area contributed by atoms with Gasteiger partial charge in [-0.1, -0.05) is 50.3 Å². The Balaban J connectivity index is 2.54. The molecule has 2 rings (SSSR count). The van der Waals surface area contributed by atoms with Gasteiger partial charge in [0.2, 0.25) is 0 Å². The third-order valence-corrected chi connectivity index (χ3v) is 5.44. The molecule has 0 amide bonds. The molecule has 0 fully saturated rings. The molecule has 0 aromatic heterocycles. The van der Waals surface area contributed by atoms with Crippen LogP contribution in [0.2, 0.25) is 0 Å². The normalized spacial score (nSPS) is 11.7. The van der Waals surface area contributed by atoms with Gasteiger partial charge >= 0.3 is 0 Å². The maximum absolute atomic E-state index is 4.50. The van der Waals surface area contributed by atoms with E-state index in [-0.39, 0.29) is 0 Å². The van der Waals surface area contributed by atoms with Crippen LogP contribution in [0.4, 0.5) is 0 Å². The first kappa shape index (κ1) is 19.2. The van der Waals surface area contributed by atoms with E-state index in [9.17, 15) is 0 Å². The van der Waals surface area contributed by atoms with Crippen LogP contribution in [0.3, 0.4) is 0 Å². The highest BCUT2D eigenvalue weighted by Crippen LogP contribution is 2.34. The van der Waals surface area contributed by atoms with Crippen LogP contribution in [0.25, 0.3) is 11.6 Å². The SMILES string of the molecule is C=C(C(=Cc1ccc(C)c(C)c1)CCC)c1c(C)cc(C)c(C)c1C. The average molecular weight is 333 g/mol. The van der Waals surface area contributed by atoms with Crippen LogP contribution >= 0.6 is 0 Å². The summed E-state index contributed by atoms with van der Waals surface area (Å²) in [7, 11) is 0. The molecule has 0 radical (unpaired) electrons. The maximum Gasteiger partial charge on any atom is -0.0126 e. The van der Waals surface area contributed by atoms with Crippen molar-refractivity contribution in [3.63, 3.8) is 0 Å². The highest BCUT2D eigenvalue weighted by atomic mass is 14.2. The van der Waals surface area contributed by atoms with Crippen molar-refractivity contribution in [1.29, 1.82) is 0 Å². The first-order chi connectivity index (χ1) is 11.8. The molecule has 132 valence electrons. The lowest BCUT2D eigenvalue weighted by Crippen LogP contribution is -2.00. The molecule has 25 heavy (non-hydrogen) atoms. The number of aryl methyl sites for hydroxylation is 4. The van der Waals surface area contributed by atoms with Gasteiger partial charge in [0, 0.05) is 0 Å². The van der Waals surface area contributed by atoms with Gasteiger partial charge in [0.15, 0.2) is 0 Å². The van der Waals surface area contributed by atoms with Gasteiger partial charge < -0.3 is 0 Å². The second kappa shape index (κ2) is 7.87. The lowest BCUT2D eigenvalue weighted by atomic mass is 9.85. The van der Waals surface area contributed by atoms with E-state index in [4.69, 9.17) is 0 Å². The molecule has 0 saturated heterocycles. The van der Waals surface area contributed by atoms with Crippen LogP contribution in [0.1, 0.15) is 64.3 Å². The van der Waals surface area contributed by atoms with Gasteiger partial charge in [-0.15, -0.1) is 0 Å². The van der Waals surface area contributed by atoms with Crippen LogP contribution < -0.4 is 0 Å². The first-order valence-electron chi connectivity index (χ1n) is 9.31. The molecule has 2 aromatic carbocycles.